The largest absolute Gasteiger partial charge is 0.496 e. The van der Waals surface area contributed by atoms with Gasteiger partial charge < -0.3 is 10.1 Å². The van der Waals surface area contributed by atoms with Gasteiger partial charge in [-0.3, -0.25) is 9.78 Å². The monoisotopic (exact) mass is 449 g/mol. The number of benzene rings is 2. The maximum atomic E-state index is 13.2. The molecular formula is C27H23N5O2. The second-order valence-electron chi connectivity index (χ2n) is 7.83. The maximum Gasteiger partial charge on any atom is 0.270 e. The number of rotatable bonds is 6. The summed E-state index contributed by atoms with van der Waals surface area (Å²) in [7, 11) is 1.63. The van der Waals surface area contributed by atoms with Crippen molar-refractivity contribution >= 4 is 11.6 Å². The predicted octanol–water partition coefficient (Wildman–Crippen LogP) is 4.71. The first-order chi connectivity index (χ1) is 16.7. The van der Waals surface area contributed by atoms with Crippen LogP contribution in [0.1, 0.15) is 21.7 Å². The van der Waals surface area contributed by atoms with Gasteiger partial charge in [0.05, 0.1) is 18.5 Å². The van der Waals surface area contributed by atoms with E-state index in [1.54, 1.807) is 30.1 Å². The van der Waals surface area contributed by atoms with Gasteiger partial charge in [-0.25, -0.2) is 9.50 Å². The second kappa shape index (κ2) is 9.15. The van der Waals surface area contributed by atoms with Crippen LogP contribution in [0.25, 0.3) is 28.0 Å². The Kier molecular flexibility index (Phi) is 5.74. The first-order valence-corrected chi connectivity index (χ1v) is 10.9. The normalized spacial score (nSPS) is 10.9. The molecule has 34 heavy (non-hydrogen) atoms. The maximum absolute atomic E-state index is 13.2. The zero-order valence-electron chi connectivity index (χ0n) is 18.9. The van der Waals surface area contributed by atoms with Crippen molar-refractivity contribution < 1.29 is 9.53 Å². The summed E-state index contributed by atoms with van der Waals surface area (Å²) in [4.78, 5) is 22.1. The van der Waals surface area contributed by atoms with E-state index in [4.69, 9.17) is 14.8 Å². The molecule has 0 aliphatic heterocycles. The van der Waals surface area contributed by atoms with Crippen molar-refractivity contribution in [2.75, 3.05) is 7.11 Å². The van der Waals surface area contributed by atoms with Crippen molar-refractivity contribution in [2.24, 2.45) is 0 Å². The second-order valence-corrected chi connectivity index (χ2v) is 7.83. The van der Waals surface area contributed by atoms with Crippen LogP contribution < -0.4 is 10.1 Å². The predicted molar refractivity (Wildman–Crippen MR) is 131 cm³/mol. The Bertz CT molecular complexity index is 1460. The Balaban J connectivity index is 1.67. The lowest BCUT2D eigenvalue weighted by Gasteiger charge is -2.12. The summed E-state index contributed by atoms with van der Waals surface area (Å²) >= 11 is 0. The third-order valence-corrected chi connectivity index (χ3v) is 5.62. The molecule has 0 unspecified atom stereocenters. The number of nitrogens with zero attached hydrogens (tertiary/aromatic N) is 4. The number of aryl methyl sites for hydroxylation is 1. The molecule has 0 saturated heterocycles. The number of amides is 1. The minimum atomic E-state index is -0.277. The molecule has 7 nitrogen and oxygen atoms in total. The van der Waals surface area contributed by atoms with Gasteiger partial charge in [0.1, 0.15) is 11.4 Å². The van der Waals surface area contributed by atoms with Crippen molar-refractivity contribution in [3.8, 4) is 28.1 Å². The molecule has 0 fully saturated rings. The Morgan fingerprint density at radius 1 is 1.03 bits per heavy atom. The van der Waals surface area contributed by atoms with E-state index in [-0.39, 0.29) is 5.91 Å². The number of para-hydroxylation sites is 1. The topological polar surface area (TPSA) is 81.4 Å². The summed E-state index contributed by atoms with van der Waals surface area (Å²) < 4.78 is 7.39. The van der Waals surface area contributed by atoms with E-state index in [0.29, 0.717) is 23.6 Å². The smallest absolute Gasteiger partial charge is 0.270 e. The summed E-state index contributed by atoms with van der Waals surface area (Å²) in [5.41, 5.74) is 6.06. The summed E-state index contributed by atoms with van der Waals surface area (Å²) in [6.07, 6.45) is 3.43. The molecule has 0 spiro atoms. The number of ether oxygens (including phenoxy) is 1. The van der Waals surface area contributed by atoms with E-state index < -0.39 is 0 Å². The van der Waals surface area contributed by atoms with Crippen LogP contribution in [0.15, 0.2) is 85.2 Å². The van der Waals surface area contributed by atoms with Crippen LogP contribution in [-0.2, 0) is 6.54 Å². The van der Waals surface area contributed by atoms with Gasteiger partial charge in [0.25, 0.3) is 5.91 Å². The number of aromatic nitrogens is 4. The number of fused-ring (bicyclic) bond motifs is 1. The lowest BCUT2D eigenvalue weighted by molar-refractivity contribution is 0.0946. The van der Waals surface area contributed by atoms with E-state index in [9.17, 15) is 4.79 Å². The molecule has 5 aromatic rings. The third kappa shape index (κ3) is 3.99. The number of methoxy groups -OCH3 is 1. The van der Waals surface area contributed by atoms with Crippen molar-refractivity contribution in [3.63, 3.8) is 0 Å². The minimum Gasteiger partial charge on any atom is -0.496 e. The summed E-state index contributed by atoms with van der Waals surface area (Å²) in [6, 6.07) is 23.1. The summed E-state index contributed by atoms with van der Waals surface area (Å²) in [5.74, 6) is 0.409. The first kappa shape index (κ1) is 21.3. The van der Waals surface area contributed by atoms with Crippen molar-refractivity contribution in [3.05, 3.63) is 102 Å². The molecule has 2 aromatic carbocycles. The van der Waals surface area contributed by atoms with Crippen LogP contribution in [0.2, 0.25) is 0 Å². The Hall–Kier alpha value is -4.52. The van der Waals surface area contributed by atoms with Crippen molar-refractivity contribution in [1.82, 2.24) is 24.9 Å². The van der Waals surface area contributed by atoms with Crippen LogP contribution in [0.5, 0.6) is 5.75 Å². The van der Waals surface area contributed by atoms with Gasteiger partial charge in [0.2, 0.25) is 0 Å². The van der Waals surface area contributed by atoms with E-state index in [1.165, 1.54) is 0 Å². The van der Waals surface area contributed by atoms with E-state index in [1.807, 2.05) is 73.7 Å². The Morgan fingerprint density at radius 3 is 2.59 bits per heavy atom. The fourth-order valence-corrected chi connectivity index (χ4v) is 4.01. The fourth-order valence-electron chi connectivity index (χ4n) is 4.01. The quantitative estimate of drug-likeness (QED) is 0.406. The highest BCUT2D eigenvalue weighted by Gasteiger charge is 2.21. The zero-order chi connectivity index (χ0) is 23.5. The van der Waals surface area contributed by atoms with E-state index in [0.717, 1.165) is 33.6 Å². The molecule has 0 bridgehead atoms. The van der Waals surface area contributed by atoms with E-state index >= 15 is 0 Å². The SMILES string of the molecule is COc1ccccc1-c1cc(C(=O)NCc2cccnc2)nc2c(-c3ccccc3)c(C)nn12. The van der Waals surface area contributed by atoms with Crippen LogP contribution in [0.4, 0.5) is 0 Å². The van der Waals surface area contributed by atoms with Gasteiger partial charge >= 0.3 is 0 Å². The molecule has 3 aromatic heterocycles. The van der Waals surface area contributed by atoms with Crippen LogP contribution >= 0.6 is 0 Å². The summed E-state index contributed by atoms with van der Waals surface area (Å²) in [5, 5.41) is 7.74. The van der Waals surface area contributed by atoms with Gasteiger partial charge in [-0.15, -0.1) is 0 Å². The van der Waals surface area contributed by atoms with Gasteiger partial charge in [-0.1, -0.05) is 48.5 Å². The Labute approximate surface area is 197 Å². The average Bonchev–Trinajstić information content (AvgIpc) is 3.23. The molecule has 0 radical (unpaired) electrons. The van der Waals surface area contributed by atoms with Crippen molar-refractivity contribution in [2.45, 2.75) is 13.5 Å². The Morgan fingerprint density at radius 2 is 1.82 bits per heavy atom. The van der Waals surface area contributed by atoms with Crippen molar-refractivity contribution in [1.29, 1.82) is 0 Å². The number of pyridine rings is 1. The number of carbonyl (C=O) groups is 1. The number of carbonyl (C=O) groups excluding carboxylic acids is 1. The zero-order valence-corrected chi connectivity index (χ0v) is 18.9. The molecule has 3 heterocycles. The number of nitrogens with one attached hydrogen (secondary N) is 1. The van der Waals surface area contributed by atoms with E-state index in [2.05, 4.69) is 10.3 Å². The molecule has 1 N–H and O–H groups in total. The molecule has 0 aliphatic rings. The fraction of sp³-hybridized carbons (Fsp3) is 0.111. The highest BCUT2D eigenvalue weighted by atomic mass is 16.5. The standard InChI is InChI=1S/C27H23N5O2/c1-18-25(20-10-4-3-5-11-20)26-30-22(27(33)29-17-19-9-8-14-28-16-19)15-23(32(26)31-18)21-12-6-7-13-24(21)34-2/h3-16H,17H2,1-2H3,(H,29,33). The van der Waals surface area contributed by atoms with Gasteiger partial charge in [-0.2, -0.15) is 5.10 Å². The van der Waals surface area contributed by atoms with Gasteiger partial charge in [0, 0.05) is 30.1 Å². The first-order valence-electron chi connectivity index (χ1n) is 10.9. The molecule has 7 heteroatoms. The minimum absolute atomic E-state index is 0.277. The molecule has 168 valence electrons. The average molecular weight is 450 g/mol. The molecule has 5 rings (SSSR count). The lowest BCUT2D eigenvalue weighted by atomic mass is 10.1. The lowest BCUT2D eigenvalue weighted by Crippen LogP contribution is -2.24. The highest BCUT2D eigenvalue weighted by Crippen LogP contribution is 2.34. The molecular weight excluding hydrogens is 426 g/mol. The molecule has 0 saturated carbocycles. The van der Waals surface area contributed by atoms with Crippen LogP contribution in [0, 0.1) is 6.92 Å². The van der Waals surface area contributed by atoms with Gasteiger partial charge in [0.15, 0.2) is 5.65 Å². The molecule has 0 atom stereocenters. The highest BCUT2D eigenvalue weighted by molar-refractivity contribution is 5.95. The molecule has 1 amide bonds. The van der Waals surface area contributed by atoms with Gasteiger partial charge in [-0.05, 0) is 42.3 Å². The summed E-state index contributed by atoms with van der Waals surface area (Å²) in [6.45, 7) is 2.30. The number of hydrogen-bond donors (Lipinski definition) is 1. The number of hydrogen-bond acceptors (Lipinski definition) is 5. The molecule has 0 aliphatic carbocycles. The van der Waals surface area contributed by atoms with Crippen LogP contribution in [-0.4, -0.2) is 32.6 Å². The van der Waals surface area contributed by atoms with Crippen LogP contribution in [0.3, 0.4) is 0 Å². The third-order valence-electron chi connectivity index (χ3n) is 5.62.